The summed E-state index contributed by atoms with van der Waals surface area (Å²) in [7, 11) is 4.05. The topological polar surface area (TPSA) is 39.7 Å². The Morgan fingerprint density at radius 2 is 2.32 bits per heavy atom. The van der Waals surface area contributed by atoms with Crippen molar-refractivity contribution in [3.05, 3.63) is 22.4 Å². The van der Waals surface area contributed by atoms with Crippen molar-refractivity contribution in [2.24, 2.45) is 10.9 Å². The lowest BCUT2D eigenvalue weighted by Gasteiger charge is -2.22. The Hall–Kier alpha value is -0.340. The SMILES string of the molecule is CN=C(NCC(C)Cc1cccs1)NCC1CCCN1C.I. The molecule has 1 fully saturated rings. The van der Waals surface area contributed by atoms with Crippen LogP contribution in [0.25, 0.3) is 0 Å². The van der Waals surface area contributed by atoms with Gasteiger partial charge < -0.3 is 15.5 Å². The normalized spacial score (nSPS) is 20.5. The number of nitrogens with zero attached hydrogens (tertiary/aromatic N) is 2. The van der Waals surface area contributed by atoms with Crippen LogP contribution in [0.3, 0.4) is 0 Å². The Morgan fingerprint density at radius 1 is 1.50 bits per heavy atom. The lowest BCUT2D eigenvalue weighted by atomic mass is 10.1. The van der Waals surface area contributed by atoms with Crippen LogP contribution in [0, 0.1) is 5.92 Å². The zero-order valence-corrected chi connectivity index (χ0v) is 17.0. The van der Waals surface area contributed by atoms with Gasteiger partial charge in [0, 0.05) is 31.1 Å². The molecule has 1 aliphatic rings. The number of guanidine groups is 1. The predicted molar refractivity (Wildman–Crippen MR) is 108 cm³/mol. The monoisotopic (exact) mass is 436 g/mol. The maximum absolute atomic E-state index is 4.32. The molecular formula is C16H29IN4S. The van der Waals surface area contributed by atoms with Crippen molar-refractivity contribution < 1.29 is 0 Å². The summed E-state index contributed by atoms with van der Waals surface area (Å²) >= 11 is 1.84. The number of rotatable bonds is 6. The minimum absolute atomic E-state index is 0. The van der Waals surface area contributed by atoms with Gasteiger partial charge in [-0.25, -0.2) is 0 Å². The van der Waals surface area contributed by atoms with Gasteiger partial charge in [-0.2, -0.15) is 0 Å². The summed E-state index contributed by atoms with van der Waals surface area (Å²) in [6, 6.07) is 4.98. The van der Waals surface area contributed by atoms with Crippen molar-refractivity contribution in [1.29, 1.82) is 0 Å². The van der Waals surface area contributed by atoms with E-state index in [1.54, 1.807) is 0 Å². The molecule has 0 aromatic carbocycles. The first-order chi connectivity index (χ1) is 10.2. The van der Waals surface area contributed by atoms with E-state index in [4.69, 9.17) is 0 Å². The molecule has 0 bridgehead atoms. The predicted octanol–water partition coefficient (Wildman–Crippen LogP) is 2.80. The molecule has 0 saturated carbocycles. The Balaban J connectivity index is 0.00000242. The molecule has 0 aliphatic carbocycles. The van der Waals surface area contributed by atoms with Gasteiger partial charge in [0.1, 0.15) is 0 Å². The third-order valence-electron chi connectivity index (χ3n) is 4.15. The average Bonchev–Trinajstić information content (AvgIpc) is 3.11. The van der Waals surface area contributed by atoms with Crippen LogP contribution in [0.2, 0.25) is 0 Å². The molecule has 2 atom stereocenters. The van der Waals surface area contributed by atoms with Crippen LogP contribution in [0.15, 0.2) is 22.5 Å². The molecule has 2 rings (SSSR count). The average molecular weight is 436 g/mol. The van der Waals surface area contributed by atoms with E-state index in [0.717, 1.165) is 25.5 Å². The number of nitrogens with one attached hydrogen (secondary N) is 2. The molecule has 0 radical (unpaired) electrons. The molecule has 22 heavy (non-hydrogen) atoms. The maximum atomic E-state index is 4.32. The summed E-state index contributed by atoms with van der Waals surface area (Å²) in [5, 5.41) is 9.05. The molecule has 1 aromatic heterocycles. The molecule has 6 heteroatoms. The Kier molecular flexibility index (Phi) is 9.35. The Morgan fingerprint density at radius 3 is 2.91 bits per heavy atom. The highest BCUT2D eigenvalue weighted by Gasteiger charge is 2.20. The second kappa shape index (κ2) is 10.4. The molecule has 1 aromatic rings. The van der Waals surface area contributed by atoms with E-state index < -0.39 is 0 Å². The molecule has 1 saturated heterocycles. The molecule has 1 aliphatic heterocycles. The standard InChI is InChI=1S/C16H28N4S.HI/c1-13(10-15-7-5-9-21-15)11-18-16(17-2)19-12-14-6-4-8-20(14)3;/h5,7,9,13-14H,4,6,8,10-12H2,1-3H3,(H2,17,18,19);1H. The third kappa shape index (κ3) is 6.42. The zero-order valence-electron chi connectivity index (χ0n) is 13.8. The van der Waals surface area contributed by atoms with E-state index in [0.29, 0.717) is 12.0 Å². The second-order valence-corrected chi connectivity index (χ2v) is 7.03. The largest absolute Gasteiger partial charge is 0.356 e. The van der Waals surface area contributed by atoms with Crippen molar-refractivity contribution in [1.82, 2.24) is 15.5 Å². The molecule has 2 heterocycles. The van der Waals surface area contributed by atoms with Crippen LogP contribution < -0.4 is 10.6 Å². The number of thiophene rings is 1. The van der Waals surface area contributed by atoms with E-state index >= 15 is 0 Å². The van der Waals surface area contributed by atoms with E-state index in [9.17, 15) is 0 Å². The van der Waals surface area contributed by atoms with E-state index in [2.05, 4.69) is 52.0 Å². The number of aliphatic imine (C=N–C) groups is 1. The van der Waals surface area contributed by atoms with Crippen molar-refractivity contribution in [3.8, 4) is 0 Å². The molecule has 126 valence electrons. The van der Waals surface area contributed by atoms with Gasteiger partial charge in [0.05, 0.1) is 0 Å². The fourth-order valence-electron chi connectivity index (χ4n) is 2.79. The van der Waals surface area contributed by atoms with Gasteiger partial charge in [-0.1, -0.05) is 13.0 Å². The van der Waals surface area contributed by atoms with Gasteiger partial charge in [0.25, 0.3) is 0 Å². The molecule has 2 N–H and O–H groups in total. The summed E-state index contributed by atoms with van der Waals surface area (Å²) in [5.74, 6) is 1.53. The number of likely N-dealkylation sites (tertiary alicyclic amines) is 1. The number of likely N-dealkylation sites (N-methyl/N-ethyl adjacent to an activating group) is 1. The van der Waals surface area contributed by atoms with Gasteiger partial charge in [-0.05, 0) is 50.2 Å². The summed E-state index contributed by atoms with van der Waals surface area (Å²) in [6.45, 7) is 5.44. The highest BCUT2D eigenvalue weighted by molar-refractivity contribution is 14.0. The fourth-order valence-corrected chi connectivity index (χ4v) is 3.66. The van der Waals surface area contributed by atoms with E-state index in [1.807, 2.05) is 18.4 Å². The maximum Gasteiger partial charge on any atom is 0.191 e. The number of hydrogen-bond donors (Lipinski definition) is 2. The van der Waals surface area contributed by atoms with Crippen LogP contribution in [0.4, 0.5) is 0 Å². The molecule has 4 nitrogen and oxygen atoms in total. The van der Waals surface area contributed by atoms with Crippen LogP contribution in [-0.2, 0) is 6.42 Å². The zero-order chi connectivity index (χ0) is 15.1. The minimum atomic E-state index is 0. The van der Waals surface area contributed by atoms with Gasteiger partial charge in [0.15, 0.2) is 5.96 Å². The first kappa shape index (κ1) is 19.7. The van der Waals surface area contributed by atoms with Crippen LogP contribution >= 0.6 is 35.3 Å². The Labute approximate surface area is 155 Å². The minimum Gasteiger partial charge on any atom is -0.356 e. The fraction of sp³-hybridized carbons (Fsp3) is 0.688. The van der Waals surface area contributed by atoms with Crippen molar-refractivity contribution in [2.75, 3.05) is 33.7 Å². The van der Waals surface area contributed by atoms with E-state index in [-0.39, 0.29) is 24.0 Å². The molecule has 0 spiro atoms. The van der Waals surface area contributed by atoms with Crippen LogP contribution in [0.5, 0.6) is 0 Å². The van der Waals surface area contributed by atoms with E-state index in [1.165, 1.54) is 24.3 Å². The summed E-state index contributed by atoms with van der Waals surface area (Å²) in [6.07, 6.45) is 3.73. The number of hydrogen-bond acceptors (Lipinski definition) is 3. The Bertz CT molecular complexity index is 435. The smallest absolute Gasteiger partial charge is 0.191 e. The lowest BCUT2D eigenvalue weighted by Crippen LogP contribution is -2.45. The summed E-state index contributed by atoms with van der Waals surface area (Å²) < 4.78 is 0. The van der Waals surface area contributed by atoms with Gasteiger partial charge >= 0.3 is 0 Å². The summed E-state index contributed by atoms with van der Waals surface area (Å²) in [5.41, 5.74) is 0. The van der Waals surface area contributed by atoms with Crippen molar-refractivity contribution >= 4 is 41.3 Å². The highest BCUT2D eigenvalue weighted by Crippen LogP contribution is 2.14. The summed E-state index contributed by atoms with van der Waals surface area (Å²) in [4.78, 5) is 8.21. The first-order valence-corrected chi connectivity index (χ1v) is 8.74. The third-order valence-corrected chi connectivity index (χ3v) is 5.05. The van der Waals surface area contributed by atoms with Gasteiger partial charge in [0.2, 0.25) is 0 Å². The lowest BCUT2D eigenvalue weighted by molar-refractivity contribution is 0.309. The first-order valence-electron chi connectivity index (χ1n) is 7.86. The molecule has 2 unspecified atom stereocenters. The van der Waals surface area contributed by atoms with Crippen LogP contribution in [0.1, 0.15) is 24.6 Å². The quantitative estimate of drug-likeness (QED) is 0.409. The van der Waals surface area contributed by atoms with Gasteiger partial charge in [-0.3, -0.25) is 4.99 Å². The highest BCUT2D eigenvalue weighted by atomic mass is 127. The number of halogens is 1. The molecule has 0 amide bonds. The van der Waals surface area contributed by atoms with Crippen LogP contribution in [-0.4, -0.2) is 50.6 Å². The second-order valence-electron chi connectivity index (χ2n) is 6.00. The molecular weight excluding hydrogens is 407 g/mol. The van der Waals surface area contributed by atoms with Gasteiger partial charge in [-0.15, -0.1) is 35.3 Å². The van der Waals surface area contributed by atoms with Crippen molar-refractivity contribution in [2.45, 2.75) is 32.2 Å². The van der Waals surface area contributed by atoms with Crippen molar-refractivity contribution in [3.63, 3.8) is 0 Å².